The predicted molar refractivity (Wildman–Crippen MR) is 79.4 cm³/mol. The average molecular weight is 278 g/mol. The molecule has 0 bridgehead atoms. The number of carbonyl (C=O) groups excluding carboxylic acids is 1. The number of carbonyl (C=O) groups is 1. The summed E-state index contributed by atoms with van der Waals surface area (Å²) in [5.74, 6) is 1.54. The Balaban J connectivity index is 1.71. The van der Waals surface area contributed by atoms with Gasteiger partial charge in [-0.25, -0.2) is 4.98 Å². The van der Waals surface area contributed by atoms with E-state index >= 15 is 0 Å². The Morgan fingerprint density at radius 1 is 1.55 bits per heavy atom. The van der Waals surface area contributed by atoms with Crippen LogP contribution in [-0.4, -0.2) is 28.5 Å². The van der Waals surface area contributed by atoms with Gasteiger partial charge in [-0.3, -0.25) is 4.79 Å². The highest BCUT2D eigenvalue weighted by atomic mass is 16.1. The van der Waals surface area contributed by atoms with Crippen LogP contribution in [-0.2, 0) is 6.54 Å². The quantitative estimate of drug-likeness (QED) is 0.833. The first-order valence-corrected chi connectivity index (χ1v) is 7.69. The van der Waals surface area contributed by atoms with Crippen LogP contribution in [0.4, 0.5) is 0 Å². The van der Waals surface area contributed by atoms with Gasteiger partial charge < -0.3 is 15.6 Å². The van der Waals surface area contributed by atoms with E-state index in [0.29, 0.717) is 18.8 Å². The second kappa shape index (κ2) is 7.43. The lowest BCUT2D eigenvalue weighted by Crippen LogP contribution is -2.27. The van der Waals surface area contributed by atoms with Crippen LogP contribution in [0.1, 0.15) is 49.5 Å². The fourth-order valence-corrected chi connectivity index (χ4v) is 3.05. The van der Waals surface area contributed by atoms with Crippen LogP contribution < -0.4 is 11.1 Å². The van der Waals surface area contributed by atoms with Crippen molar-refractivity contribution < 1.29 is 4.79 Å². The number of nitrogens with two attached hydrogens (primary N) is 1. The maximum Gasteiger partial charge on any atom is 0.271 e. The predicted octanol–water partition coefficient (Wildman–Crippen LogP) is 1.79. The van der Waals surface area contributed by atoms with Gasteiger partial charge in [0.15, 0.2) is 0 Å². The highest BCUT2D eigenvalue weighted by molar-refractivity contribution is 5.91. The summed E-state index contributed by atoms with van der Waals surface area (Å²) in [6.07, 6.45) is 9.81. The van der Waals surface area contributed by atoms with Crippen LogP contribution in [0.25, 0.3) is 0 Å². The third kappa shape index (κ3) is 4.34. The molecule has 5 heteroatoms. The van der Waals surface area contributed by atoms with E-state index in [4.69, 9.17) is 5.73 Å². The van der Waals surface area contributed by atoms with Crippen LogP contribution in [0.2, 0.25) is 0 Å². The fraction of sp³-hybridized carbons (Fsp3) is 0.733. The summed E-state index contributed by atoms with van der Waals surface area (Å²) in [7, 11) is 0. The minimum Gasteiger partial charge on any atom is -0.351 e. The molecule has 0 aromatic carbocycles. The summed E-state index contributed by atoms with van der Waals surface area (Å²) in [4.78, 5) is 16.1. The van der Waals surface area contributed by atoms with Crippen molar-refractivity contribution >= 4 is 5.91 Å². The van der Waals surface area contributed by atoms with Gasteiger partial charge >= 0.3 is 0 Å². The molecular formula is C15H26N4O. The van der Waals surface area contributed by atoms with E-state index < -0.39 is 0 Å². The number of nitrogens with zero attached hydrogens (tertiary/aromatic N) is 2. The zero-order valence-electron chi connectivity index (χ0n) is 12.3. The van der Waals surface area contributed by atoms with E-state index in [1.165, 1.54) is 25.7 Å². The number of nitrogens with one attached hydrogen (secondary N) is 1. The number of rotatable bonds is 6. The minimum atomic E-state index is -0.0790. The van der Waals surface area contributed by atoms with Crippen molar-refractivity contribution in [1.82, 2.24) is 14.9 Å². The molecule has 5 nitrogen and oxygen atoms in total. The van der Waals surface area contributed by atoms with Crippen molar-refractivity contribution in [3.05, 3.63) is 18.2 Å². The molecule has 0 aliphatic heterocycles. The fourth-order valence-electron chi connectivity index (χ4n) is 3.05. The number of aromatic nitrogens is 2. The molecule has 0 radical (unpaired) electrons. The average Bonchev–Trinajstić information content (AvgIpc) is 2.88. The third-order valence-electron chi connectivity index (χ3n) is 4.14. The summed E-state index contributed by atoms with van der Waals surface area (Å²) in [5, 5.41) is 2.97. The SMILES string of the molecule is CC1CCCC(CCNC(=O)c2cn(CCN)cn2)C1. The lowest BCUT2D eigenvalue weighted by Gasteiger charge is -2.26. The van der Waals surface area contributed by atoms with Gasteiger partial charge in [0, 0.05) is 25.8 Å². The first-order chi connectivity index (χ1) is 9.69. The van der Waals surface area contributed by atoms with Crippen molar-refractivity contribution in [3.63, 3.8) is 0 Å². The molecule has 3 N–H and O–H groups in total. The molecule has 112 valence electrons. The van der Waals surface area contributed by atoms with Gasteiger partial charge in [-0.05, 0) is 24.7 Å². The molecule has 0 saturated heterocycles. The summed E-state index contributed by atoms with van der Waals surface area (Å²) in [6, 6.07) is 0. The second-order valence-electron chi connectivity index (χ2n) is 5.97. The Morgan fingerprint density at radius 3 is 3.15 bits per heavy atom. The number of amides is 1. The zero-order valence-corrected chi connectivity index (χ0v) is 12.3. The molecular weight excluding hydrogens is 252 g/mol. The van der Waals surface area contributed by atoms with Gasteiger partial charge in [-0.2, -0.15) is 0 Å². The molecule has 1 aliphatic carbocycles. The number of hydrogen-bond donors (Lipinski definition) is 2. The monoisotopic (exact) mass is 278 g/mol. The van der Waals surface area contributed by atoms with E-state index in [9.17, 15) is 4.79 Å². The minimum absolute atomic E-state index is 0.0790. The Bertz CT molecular complexity index is 429. The van der Waals surface area contributed by atoms with Gasteiger partial charge in [0.1, 0.15) is 5.69 Å². The Labute approximate surface area is 120 Å². The molecule has 1 aliphatic rings. The Morgan fingerprint density at radius 2 is 2.40 bits per heavy atom. The van der Waals surface area contributed by atoms with Crippen LogP contribution >= 0.6 is 0 Å². The van der Waals surface area contributed by atoms with Crippen molar-refractivity contribution in [1.29, 1.82) is 0 Å². The third-order valence-corrected chi connectivity index (χ3v) is 4.14. The molecule has 1 aromatic rings. The molecule has 1 fully saturated rings. The molecule has 2 rings (SSSR count). The maximum absolute atomic E-state index is 12.0. The maximum atomic E-state index is 12.0. The van der Waals surface area contributed by atoms with E-state index in [2.05, 4.69) is 17.2 Å². The highest BCUT2D eigenvalue weighted by Gasteiger charge is 2.18. The largest absolute Gasteiger partial charge is 0.351 e. The van der Waals surface area contributed by atoms with Gasteiger partial charge in [-0.1, -0.05) is 26.2 Å². The topological polar surface area (TPSA) is 72.9 Å². The molecule has 20 heavy (non-hydrogen) atoms. The van der Waals surface area contributed by atoms with Crippen molar-refractivity contribution in [2.45, 2.75) is 45.6 Å². The van der Waals surface area contributed by atoms with Gasteiger partial charge in [0.05, 0.1) is 6.33 Å². The Hall–Kier alpha value is -1.36. The standard InChI is InChI=1S/C15H26N4O/c1-12-3-2-4-13(9-12)5-7-17-15(20)14-10-19(8-6-16)11-18-14/h10-13H,2-9,16H2,1H3,(H,17,20). The van der Waals surface area contributed by atoms with E-state index in [1.807, 2.05) is 4.57 Å². The van der Waals surface area contributed by atoms with Crippen molar-refractivity contribution in [2.24, 2.45) is 17.6 Å². The summed E-state index contributed by atoms with van der Waals surface area (Å²) >= 11 is 0. The second-order valence-corrected chi connectivity index (χ2v) is 5.97. The molecule has 0 spiro atoms. The van der Waals surface area contributed by atoms with Crippen LogP contribution in [0.15, 0.2) is 12.5 Å². The first kappa shape index (κ1) is 15.0. The number of hydrogen-bond acceptors (Lipinski definition) is 3. The smallest absolute Gasteiger partial charge is 0.271 e. The van der Waals surface area contributed by atoms with Crippen LogP contribution in [0.3, 0.4) is 0 Å². The lowest BCUT2D eigenvalue weighted by atomic mass is 9.81. The van der Waals surface area contributed by atoms with Gasteiger partial charge in [-0.15, -0.1) is 0 Å². The molecule has 1 amide bonds. The molecule has 2 atom stereocenters. The van der Waals surface area contributed by atoms with Gasteiger partial charge in [0.25, 0.3) is 5.91 Å². The zero-order chi connectivity index (χ0) is 14.4. The van der Waals surface area contributed by atoms with Crippen LogP contribution in [0.5, 0.6) is 0 Å². The van der Waals surface area contributed by atoms with Crippen molar-refractivity contribution in [3.8, 4) is 0 Å². The summed E-state index contributed by atoms with van der Waals surface area (Å²) in [6.45, 7) is 4.33. The van der Waals surface area contributed by atoms with E-state index in [-0.39, 0.29) is 5.91 Å². The van der Waals surface area contributed by atoms with Crippen molar-refractivity contribution in [2.75, 3.05) is 13.1 Å². The van der Waals surface area contributed by atoms with Crippen LogP contribution in [0, 0.1) is 11.8 Å². The normalized spacial score (nSPS) is 22.7. The lowest BCUT2D eigenvalue weighted by molar-refractivity contribution is 0.0945. The summed E-state index contributed by atoms with van der Waals surface area (Å²) < 4.78 is 1.84. The molecule has 1 aromatic heterocycles. The highest BCUT2D eigenvalue weighted by Crippen LogP contribution is 2.30. The molecule has 1 heterocycles. The van der Waals surface area contributed by atoms with E-state index in [1.54, 1.807) is 12.5 Å². The molecule has 1 saturated carbocycles. The first-order valence-electron chi connectivity index (χ1n) is 7.69. The number of imidazole rings is 1. The summed E-state index contributed by atoms with van der Waals surface area (Å²) in [5.41, 5.74) is 5.95. The van der Waals surface area contributed by atoms with E-state index in [0.717, 1.165) is 24.8 Å². The Kier molecular flexibility index (Phi) is 5.59. The molecule has 2 unspecified atom stereocenters. The van der Waals surface area contributed by atoms with Gasteiger partial charge in [0.2, 0.25) is 0 Å².